The summed E-state index contributed by atoms with van der Waals surface area (Å²) in [6.45, 7) is 4.32. The van der Waals surface area contributed by atoms with Crippen LogP contribution in [0.5, 0.6) is 0 Å². The molecule has 0 radical (unpaired) electrons. The number of aromatic nitrogens is 1. The SMILES string of the molecule is CCOC(=O)CCC1=Cc2cc(Cl)ccc2C(C2CCNCC2)c2ncccc21. The summed E-state index contributed by atoms with van der Waals surface area (Å²) >= 11 is 6.36. The summed E-state index contributed by atoms with van der Waals surface area (Å²) < 4.78 is 5.15. The topological polar surface area (TPSA) is 51.2 Å². The third kappa shape index (κ3) is 4.39. The molecule has 0 saturated carbocycles. The summed E-state index contributed by atoms with van der Waals surface area (Å²) in [6.07, 6.45) is 7.32. The van der Waals surface area contributed by atoms with Crippen LogP contribution >= 0.6 is 11.6 Å². The van der Waals surface area contributed by atoms with Crippen LogP contribution in [-0.2, 0) is 9.53 Å². The molecule has 1 fully saturated rings. The number of hydrogen-bond acceptors (Lipinski definition) is 4. The molecule has 29 heavy (non-hydrogen) atoms. The number of allylic oxidation sites excluding steroid dienone is 1. The monoisotopic (exact) mass is 410 g/mol. The molecule has 4 rings (SSSR count). The number of fused-ring (bicyclic) bond motifs is 2. The lowest BCUT2D eigenvalue weighted by molar-refractivity contribution is -0.142. The van der Waals surface area contributed by atoms with E-state index < -0.39 is 0 Å². The molecule has 0 spiro atoms. The molecule has 0 bridgehead atoms. The molecule has 1 aromatic carbocycles. The molecule has 4 nitrogen and oxygen atoms in total. The van der Waals surface area contributed by atoms with Crippen LogP contribution in [0, 0.1) is 5.92 Å². The van der Waals surface area contributed by atoms with Crippen molar-refractivity contribution in [3.8, 4) is 0 Å². The van der Waals surface area contributed by atoms with Gasteiger partial charge in [0.25, 0.3) is 0 Å². The van der Waals surface area contributed by atoms with Gasteiger partial charge < -0.3 is 10.1 Å². The smallest absolute Gasteiger partial charge is 0.306 e. The van der Waals surface area contributed by atoms with Gasteiger partial charge in [-0.3, -0.25) is 9.78 Å². The average Bonchev–Trinajstić information content (AvgIpc) is 2.87. The molecule has 1 unspecified atom stereocenters. The summed E-state index contributed by atoms with van der Waals surface area (Å²) in [5.74, 6) is 0.601. The first-order valence-corrected chi connectivity index (χ1v) is 10.9. The zero-order chi connectivity index (χ0) is 20.2. The molecule has 1 aliphatic carbocycles. The largest absolute Gasteiger partial charge is 0.466 e. The van der Waals surface area contributed by atoms with Crippen molar-refractivity contribution >= 4 is 29.2 Å². The van der Waals surface area contributed by atoms with E-state index in [4.69, 9.17) is 21.3 Å². The maximum absolute atomic E-state index is 12.0. The highest BCUT2D eigenvalue weighted by molar-refractivity contribution is 6.30. The minimum atomic E-state index is -0.163. The summed E-state index contributed by atoms with van der Waals surface area (Å²) in [6, 6.07) is 10.3. The second-order valence-electron chi connectivity index (χ2n) is 7.75. The number of halogens is 1. The lowest BCUT2D eigenvalue weighted by Gasteiger charge is -2.32. The number of nitrogens with zero attached hydrogens (tertiary/aromatic N) is 1. The van der Waals surface area contributed by atoms with Crippen molar-refractivity contribution in [2.45, 2.75) is 38.5 Å². The van der Waals surface area contributed by atoms with E-state index in [9.17, 15) is 4.79 Å². The van der Waals surface area contributed by atoms with Gasteiger partial charge in [-0.2, -0.15) is 0 Å². The van der Waals surface area contributed by atoms with E-state index in [0.717, 1.165) is 53.3 Å². The zero-order valence-corrected chi connectivity index (χ0v) is 17.5. The van der Waals surface area contributed by atoms with E-state index in [0.29, 0.717) is 25.4 Å². The molecule has 152 valence electrons. The molecule has 1 atom stereocenters. The van der Waals surface area contributed by atoms with Gasteiger partial charge in [-0.05, 0) is 85.7 Å². The van der Waals surface area contributed by atoms with Gasteiger partial charge in [0.15, 0.2) is 0 Å². The van der Waals surface area contributed by atoms with Gasteiger partial charge in [0.05, 0.1) is 12.3 Å². The molecule has 2 aromatic rings. The van der Waals surface area contributed by atoms with Crippen LogP contribution in [0.15, 0.2) is 36.5 Å². The highest BCUT2D eigenvalue weighted by Gasteiger charge is 2.33. The minimum Gasteiger partial charge on any atom is -0.466 e. The fourth-order valence-electron chi connectivity index (χ4n) is 4.63. The molecule has 2 heterocycles. The second kappa shape index (κ2) is 9.10. The lowest BCUT2D eigenvalue weighted by Crippen LogP contribution is -2.32. The van der Waals surface area contributed by atoms with Crippen LogP contribution in [-0.4, -0.2) is 30.6 Å². The first kappa shape index (κ1) is 20.1. The van der Waals surface area contributed by atoms with Crippen LogP contribution in [0.25, 0.3) is 11.6 Å². The molecule has 0 amide bonds. The van der Waals surface area contributed by atoms with Crippen molar-refractivity contribution in [2.24, 2.45) is 5.92 Å². The number of nitrogens with one attached hydrogen (secondary N) is 1. The van der Waals surface area contributed by atoms with Gasteiger partial charge in [0.2, 0.25) is 0 Å². The van der Waals surface area contributed by atoms with E-state index in [-0.39, 0.29) is 11.9 Å². The first-order valence-electron chi connectivity index (χ1n) is 10.5. The van der Waals surface area contributed by atoms with Crippen LogP contribution in [0.2, 0.25) is 5.02 Å². The number of benzene rings is 1. The lowest BCUT2D eigenvalue weighted by atomic mass is 9.76. The molecular weight excluding hydrogens is 384 g/mol. The van der Waals surface area contributed by atoms with Crippen molar-refractivity contribution in [1.82, 2.24) is 10.3 Å². The second-order valence-corrected chi connectivity index (χ2v) is 8.19. The Labute approximate surface area is 177 Å². The van der Waals surface area contributed by atoms with Crippen molar-refractivity contribution in [3.05, 3.63) is 63.9 Å². The minimum absolute atomic E-state index is 0.163. The number of carbonyl (C=O) groups is 1. The number of hydrogen-bond donors (Lipinski definition) is 1. The number of carbonyl (C=O) groups excluding carboxylic acids is 1. The maximum Gasteiger partial charge on any atom is 0.306 e. The number of piperidine rings is 1. The maximum atomic E-state index is 12.0. The molecule has 2 aliphatic rings. The van der Waals surface area contributed by atoms with Gasteiger partial charge in [-0.15, -0.1) is 0 Å². The number of rotatable bonds is 5. The summed E-state index contributed by atoms with van der Waals surface area (Å²) in [7, 11) is 0. The fourth-order valence-corrected chi connectivity index (χ4v) is 4.82. The molecule has 1 saturated heterocycles. The number of pyridine rings is 1. The first-order chi connectivity index (χ1) is 14.2. The van der Waals surface area contributed by atoms with Crippen molar-refractivity contribution in [1.29, 1.82) is 0 Å². The highest BCUT2D eigenvalue weighted by Crippen LogP contribution is 2.44. The van der Waals surface area contributed by atoms with E-state index in [2.05, 4.69) is 23.5 Å². The van der Waals surface area contributed by atoms with Gasteiger partial charge >= 0.3 is 5.97 Å². The Morgan fingerprint density at radius 1 is 1.28 bits per heavy atom. The van der Waals surface area contributed by atoms with Gasteiger partial charge in [0, 0.05) is 23.6 Å². The van der Waals surface area contributed by atoms with Crippen molar-refractivity contribution < 1.29 is 9.53 Å². The van der Waals surface area contributed by atoms with E-state index in [1.807, 2.05) is 31.3 Å². The number of esters is 1. The van der Waals surface area contributed by atoms with Gasteiger partial charge in [-0.1, -0.05) is 29.8 Å². The summed E-state index contributed by atoms with van der Waals surface area (Å²) in [5.41, 5.74) is 5.81. The Balaban J connectivity index is 1.79. The Bertz CT molecular complexity index is 919. The Kier molecular flexibility index (Phi) is 6.31. The van der Waals surface area contributed by atoms with Crippen LogP contribution in [0.3, 0.4) is 0 Å². The highest BCUT2D eigenvalue weighted by atomic mass is 35.5. The van der Waals surface area contributed by atoms with E-state index >= 15 is 0 Å². The zero-order valence-electron chi connectivity index (χ0n) is 16.8. The van der Waals surface area contributed by atoms with E-state index in [1.54, 1.807) is 0 Å². The molecule has 1 aliphatic heterocycles. The standard InChI is InChI=1S/C24H27ClN2O2/c1-2-29-22(28)8-5-17-14-18-15-19(25)6-7-20(18)23(16-9-12-26-13-10-16)24-21(17)4-3-11-27-24/h3-4,6-7,11,14-16,23,26H,2,5,8-10,12-13H2,1H3. The van der Waals surface area contributed by atoms with Gasteiger partial charge in [0.1, 0.15) is 0 Å². The molecule has 1 aromatic heterocycles. The van der Waals surface area contributed by atoms with Gasteiger partial charge in [-0.25, -0.2) is 0 Å². The van der Waals surface area contributed by atoms with E-state index in [1.165, 1.54) is 5.56 Å². The fraction of sp³-hybridized carbons (Fsp3) is 0.417. The summed E-state index contributed by atoms with van der Waals surface area (Å²) in [5, 5.41) is 4.20. The normalized spacial score (nSPS) is 19.0. The predicted molar refractivity (Wildman–Crippen MR) is 117 cm³/mol. The van der Waals surface area contributed by atoms with Crippen LogP contribution in [0.4, 0.5) is 0 Å². The van der Waals surface area contributed by atoms with Crippen molar-refractivity contribution in [2.75, 3.05) is 19.7 Å². The number of ether oxygens (including phenoxy) is 1. The molecule has 5 heteroatoms. The van der Waals surface area contributed by atoms with Crippen LogP contribution in [0.1, 0.15) is 60.9 Å². The Morgan fingerprint density at radius 2 is 2.10 bits per heavy atom. The molecule has 1 N–H and O–H groups in total. The average molecular weight is 411 g/mol. The summed E-state index contributed by atoms with van der Waals surface area (Å²) in [4.78, 5) is 16.9. The Hall–Kier alpha value is -2.17. The van der Waals surface area contributed by atoms with Crippen LogP contribution < -0.4 is 5.32 Å². The quantitative estimate of drug-likeness (QED) is 0.699. The predicted octanol–water partition coefficient (Wildman–Crippen LogP) is 5.06. The third-order valence-electron chi connectivity index (χ3n) is 5.95. The third-order valence-corrected chi connectivity index (χ3v) is 6.19. The Morgan fingerprint density at radius 3 is 2.90 bits per heavy atom. The molecular formula is C24H27ClN2O2. The van der Waals surface area contributed by atoms with Crippen molar-refractivity contribution in [3.63, 3.8) is 0 Å².